The number of nitrogens with two attached hydrogens (primary N) is 2. The molecule has 1 heterocycles. The first kappa shape index (κ1) is 20.8. The molecule has 7 nitrogen and oxygen atoms in total. The fraction of sp³-hybridized carbons (Fsp3) is 0.333. The highest BCUT2D eigenvalue weighted by atomic mass is 32.2. The third-order valence-electron chi connectivity index (χ3n) is 2.50. The minimum Gasteiger partial charge on any atom is -0.366 e. The quantitative estimate of drug-likeness (QED) is 0.714. The highest BCUT2D eigenvalue weighted by Crippen LogP contribution is 1.95. The van der Waals surface area contributed by atoms with Crippen molar-refractivity contribution in [1.29, 1.82) is 0 Å². The van der Waals surface area contributed by atoms with Crippen LogP contribution in [0.25, 0.3) is 0 Å². The molecule has 2 aromatic rings. The third-order valence-corrected chi connectivity index (χ3v) is 3.35. The summed E-state index contributed by atoms with van der Waals surface area (Å²) in [7, 11) is -3.20. The van der Waals surface area contributed by atoms with E-state index in [0.29, 0.717) is 12.0 Å². The lowest BCUT2D eigenvalue weighted by atomic mass is 10.2. The van der Waals surface area contributed by atoms with E-state index in [9.17, 15) is 13.2 Å². The van der Waals surface area contributed by atoms with E-state index in [2.05, 4.69) is 10.2 Å². The molecule has 0 unspecified atom stereocenters. The fourth-order valence-electron chi connectivity index (χ4n) is 1.37. The molecule has 0 radical (unpaired) electrons. The maximum atomic E-state index is 10.4. The topological polar surface area (TPSA) is 132 Å². The molecule has 0 saturated heterocycles. The van der Waals surface area contributed by atoms with Crippen LogP contribution >= 0.6 is 0 Å². The highest BCUT2D eigenvalue weighted by molar-refractivity contribution is 7.89. The van der Waals surface area contributed by atoms with Crippen LogP contribution in [0, 0.1) is 0 Å². The Morgan fingerprint density at radius 1 is 1.17 bits per heavy atom. The van der Waals surface area contributed by atoms with Crippen LogP contribution in [-0.4, -0.2) is 30.3 Å². The Bertz CT molecular complexity index is 596. The zero-order valence-electron chi connectivity index (χ0n) is 13.2. The summed E-state index contributed by atoms with van der Waals surface area (Å²) in [6.07, 6.45) is 6.11. The predicted octanol–water partition coefficient (Wildman–Crippen LogP) is 1.66. The Balaban J connectivity index is 0.000000328. The zero-order chi connectivity index (χ0) is 17.6. The maximum absolute atomic E-state index is 10.4. The van der Waals surface area contributed by atoms with Crippen molar-refractivity contribution < 1.29 is 13.2 Å². The van der Waals surface area contributed by atoms with Crippen LogP contribution in [0.2, 0.25) is 0 Å². The van der Waals surface area contributed by atoms with Gasteiger partial charge >= 0.3 is 0 Å². The number of primary sulfonamides is 1. The third kappa shape index (κ3) is 14.5. The van der Waals surface area contributed by atoms with Crippen LogP contribution in [0.5, 0.6) is 0 Å². The number of hydrogen-bond donors (Lipinski definition) is 3. The monoisotopic (exact) mass is 340 g/mol. The minimum atomic E-state index is -3.20. The van der Waals surface area contributed by atoms with Gasteiger partial charge in [0.05, 0.1) is 5.75 Å². The van der Waals surface area contributed by atoms with Crippen molar-refractivity contribution in [2.45, 2.75) is 26.2 Å². The average molecular weight is 340 g/mol. The number of hydrogen-bond acceptors (Lipinski definition) is 4. The molecule has 0 aliphatic rings. The SMILES string of the molecule is CCCCCS(N)(=O)=O.NC(=O)c1ccccc1.c1cn[nH]c1. The van der Waals surface area contributed by atoms with Crippen LogP contribution < -0.4 is 10.9 Å². The summed E-state index contributed by atoms with van der Waals surface area (Å²) >= 11 is 0. The number of unbranched alkanes of at least 4 members (excludes halogenated alkanes) is 2. The molecule has 0 fully saturated rings. The molecule has 1 aromatic heterocycles. The lowest BCUT2D eigenvalue weighted by molar-refractivity contribution is 0.100. The summed E-state index contributed by atoms with van der Waals surface area (Å²) in [6.45, 7) is 2.02. The van der Waals surface area contributed by atoms with E-state index in [0.717, 1.165) is 12.8 Å². The van der Waals surface area contributed by atoms with E-state index in [-0.39, 0.29) is 11.7 Å². The molecule has 23 heavy (non-hydrogen) atoms. The molecule has 2 rings (SSSR count). The van der Waals surface area contributed by atoms with Gasteiger partial charge in [-0.3, -0.25) is 9.89 Å². The van der Waals surface area contributed by atoms with E-state index in [1.165, 1.54) is 0 Å². The number of sulfonamides is 1. The molecule has 8 heteroatoms. The number of aromatic amines is 1. The van der Waals surface area contributed by atoms with Gasteiger partial charge in [-0.25, -0.2) is 13.6 Å². The van der Waals surface area contributed by atoms with Crippen LogP contribution in [0.3, 0.4) is 0 Å². The summed E-state index contributed by atoms with van der Waals surface area (Å²) in [5, 5.41) is 11.0. The van der Waals surface area contributed by atoms with Crippen molar-refractivity contribution in [3.8, 4) is 0 Å². The molecular weight excluding hydrogens is 316 g/mol. The number of aromatic nitrogens is 2. The smallest absolute Gasteiger partial charge is 0.248 e. The largest absolute Gasteiger partial charge is 0.366 e. The molecule has 0 atom stereocenters. The summed E-state index contributed by atoms with van der Waals surface area (Å²) in [6, 6.07) is 10.6. The van der Waals surface area contributed by atoms with Crippen molar-refractivity contribution in [3.63, 3.8) is 0 Å². The predicted molar refractivity (Wildman–Crippen MR) is 91.0 cm³/mol. The molecule has 1 amide bonds. The zero-order valence-corrected chi connectivity index (χ0v) is 14.0. The molecular formula is C15H24N4O3S. The number of benzene rings is 1. The molecule has 1 aromatic carbocycles. The van der Waals surface area contributed by atoms with Crippen LogP contribution in [0.1, 0.15) is 36.5 Å². The lowest BCUT2D eigenvalue weighted by Crippen LogP contribution is -2.16. The Kier molecular flexibility index (Phi) is 11.2. The molecule has 0 saturated carbocycles. The van der Waals surface area contributed by atoms with E-state index >= 15 is 0 Å². The van der Waals surface area contributed by atoms with E-state index in [4.69, 9.17) is 10.9 Å². The number of carbonyl (C=O) groups excluding carboxylic acids is 1. The molecule has 0 spiro atoms. The van der Waals surface area contributed by atoms with Crippen molar-refractivity contribution in [3.05, 3.63) is 54.4 Å². The Hall–Kier alpha value is -2.19. The second-order valence-electron chi connectivity index (χ2n) is 4.57. The minimum absolute atomic E-state index is 0.126. The number of nitrogens with one attached hydrogen (secondary N) is 1. The van der Waals surface area contributed by atoms with Gasteiger partial charge in [0.1, 0.15) is 0 Å². The molecule has 0 aliphatic carbocycles. The first-order chi connectivity index (χ1) is 10.9. The molecule has 0 aliphatic heterocycles. The van der Waals surface area contributed by atoms with Gasteiger partial charge in [-0.1, -0.05) is 38.0 Å². The fourth-order valence-corrected chi connectivity index (χ4v) is 1.98. The molecule has 128 valence electrons. The van der Waals surface area contributed by atoms with Crippen molar-refractivity contribution in [1.82, 2.24) is 10.2 Å². The lowest BCUT2D eigenvalue weighted by Gasteiger charge is -1.94. The Morgan fingerprint density at radius 3 is 2.13 bits per heavy atom. The van der Waals surface area contributed by atoms with Gasteiger partial charge in [0, 0.05) is 18.0 Å². The first-order valence-corrected chi connectivity index (χ1v) is 8.87. The average Bonchev–Trinajstić information content (AvgIpc) is 3.07. The Labute approximate surface area is 137 Å². The summed E-state index contributed by atoms with van der Waals surface area (Å²) in [5.41, 5.74) is 5.53. The number of amides is 1. The number of nitrogens with zero attached hydrogens (tertiary/aromatic N) is 1. The summed E-state index contributed by atoms with van der Waals surface area (Å²) in [5.74, 6) is -0.253. The normalized spacial score (nSPS) is 9.83. The second-order valence-corrected chi connectivity index (χ2v) is 6.30. The maximum Gasteiger partial charge on any atom is 0.248 e. The van der Waals surface area contributed by atoms with E-state index in [1.807, 2.05) is 19.1 Å². The molecule has 5 N–H and O–H groups in total. The van der Waals surface area contributed by atoms with E-state index < -0.39 is 10.0 Å². The van der Waals surface area contributed by atoms with Crippen LogP contribution in [-0.2, 0) is 10.0 Å². The van der Waals surface area contributed by atoms with Gasteiger partial charge in [0.25, 0.3) is 0 Å². The Morgan fingerprint density at radius 2 is 1.83 bits per heavy atom. The van der Waals surface area contributed by atoms with E-state index in [1.54, 1.807) is 36.7 Å². The standard InChI is InChI=1S/C7H7NO.C5H13NO2S.C3H4N2/c8-7(9)6-4-2-1-3-5-6;1-2-3-4-5-9(6,7)8;1-2-4-5-3-1/h1-5H,(H2,8,9);2-5H2,1H3,(H2,6,7,8);1-3H,(H,4,5). The van der Waals surface area contributed by atoms with Gasteiger partial charge in [-0.2, -0.15) is 5.10 Å². The van der Waals surface area contributed by atoms with Gasteiger partial charge in [0.2, 0.25) is 15.9 Å². The number of carbonyl (C=O) groups is 1. The second kappa shape index (κ2) is 12.4. The number of primary amides is 1. The summed E-state index contributed by atoms with van der Waals surface area (Å²) in [4.78, 5) is 10.4. The number of H-pyrrole nitrogens is 1. The first-order valence-electron chi connectivity index (χ1n) is 7.16. The van der Waals surface area contributed by atoms with Crippen molar-refractivity contribution in [2.24, 2.45) is 10.9 Å². The highest BCUT2D eigenvalue weighted by Gasteiger charge is 1.99. The van der Waals surface area contributed by atoms with Crippen LogP contribution in [0.4, 0.5) is 0 Å². The van der Waals surface area contributed by atoms with Crippen molar-refractivity contribution >= 4 is 15.9 Å². The van der Waals surface area contributed by atoms with Gasteiger partial charge < -0.3 is 5.73 Å². The van der Waals surface area contributed by atoms with Gasteiger partial charge in [-0.05, 0) is 24.6 Å². The number of rotatable bonds is 5. The van der Waals surface area contributed by atoms with Crippen LogP contribution in [0.15, 0.2) is 48.8 Å². The van der Waals surface area contributed by atoms with Gasteiger partial charge in [-0.15, -0.1) is 0 Å². The molecule has 0 bridgehead atoms. The van der Waals surface area contributed by atoms with Crippen molar-refractivity contribution in [2.75, 3.05) is 5.75 Å². The summed E-state index contributed by atoms with van der Waals surface area (Å²) < 4.78 is 20.6. The van der Waals surface area contributed by atoms with Gasteiger partial charge in [0.15, 0.2) is 0 Å².